The average Bonchev–Trinajstić information content (AvgIpc) is 2.84. The second kappa shape index (κ2) is 14.1. The Morgan fingerprint density at radius 3 is 0.571 bits per heavy atom. The lowest BCUT2D eigenvalue weighted by atomic mass is 10.1. The van der Waals surface area contributed by atoms with E-state index < -0.39 is 0 Å². The summed E-state index contributed by atoms with van der Waals surface area (Å²) in [7, 11) is 0. The van der Waals surface area contributed by atoms with Crippen molar-refractivity contribution in [3.8, 4) is 35.4 Å². The van der Waals surface area contributed by atoms with Crippen molar-refractivity contribution in [2.24, 2.45) is 0 Å². The van der Waals surface area contributed by atoms with Gasteiger partial charge in [0.2, 0.25) is 0 Å². The van der Waals surface area contributed by atoms with Gasteiger partial charge in [-0.05, 0) is 22.3 Å². The van der Waals surface area contributed by atoms with Gasteiger partial charge in [0.25, 0.3) is 0 Å². The number of rotatable bonds is 2. The molecule has 0 saturated heterocycles. The number of hydrogen-bond donors (Lipinski definition) is 0. The summed E-state index contributed by atoms with van der Waals surface area (Å²) < 4.78 is 0. The highest BCUT2D eigenvalue weighted by Gasteiger charge is 1.92. The first-order chi connectivity index (χ1) is 13.9. The molecular weight excluding hydrogens is 340 g/mol. The average molecular weight is 362 g/mol. The van der Waals surface area contributed by atoms with Crippen LogP contribution in [-0.4, -0.2) is 0 Å². The third kappa shape index (κ3) is 7.40. The van der Waals surface area contributed by atoms with Crippen molar-refractivity contribution in [2.75, 3.05) is 0 Å². The monoisotopic (exact) mass is 362 g/mol. The van der Waals surface area contributed by atoms with Gasteiger partial charge in [0.15, 0.2) is 0 Å². The maximum Gasteiger partial charge on any atom is 0.0462 e. The molecule has 2 nitrogen and oxygen atoms in total. The van der Waals surface area contributed by atoms with Crippen LogP contribution in [0.15, 0.2) is 121 Å². The molecule has 28 heavy (non-hydrogen) atoms. The van der Waals surface area contributed by atoms with Gasteiger partial charge in [0, 0.05) is 13.1 Å². The van der Waals surface area contributed by atoms with Crippen LogP contribution < -0.4 is 0 Å². The van der Waals surface area contributed by atoms with E-state index in [2.05, 4.69) is 110 Å². The predicted octanol–water partition coefficient (Wildman–Crippen LogP) is 6.99. The van der Waals surface area contributed by atoms with E-state index in [4.69, 9.17) is 10.5 Å². The SMILES string of the molecule is C#N.C#N.c1ccc(-c2ccccc2)cc1.c1ccc(-c2ccccc2)cc1. The molecule has 0 bridgehead atoms. The van der Waals surface area contributed by atoms with Gasteiger partial charge < -0.3 is 0 Å². The van der Waals surface area contributed by atoms with Crippen LogP contribution in [0.3, 0.4) is 0 Å². The van der Waals surface area contributed by atoms with Crippen LogP contribution in [0.1, 0.15) is 0 Å². The second-order valence-corrected chi connectivity index (χ2v) is 5.46. The summed E-state index contributed by atoms with van der Waals surface area (Å²) in [6.45, 7) is 7.00. The molecule has 0 aliphatic rings. The number of nitriles is 2. The Hall–Kier alpha value is -4.14. The minimum absolute atomic E-state index is 1.28. The van der Waals surface area contributed by atoms with Gasteiger partial charge in [-0.3, -0.25) is 0 Å². The third-order valence-electron chi connectivity index (χ3n) is 3.76. The molecule has 0 spiro atoms. The van der Waals surface area contributed by atoms with E-state index in [-0.39, 0.29) is 0 Å². The quantitative estimate of drug-likeness (QED) is 0.386. The van der Waals surface area contributed by atoms with Crippen LogP contribution in [0.2, 0.25) is 0 Å². The van der Waals surface area contributed by atoms with Crippen molar-refractivity contribution in [2.45, 2.75) is 0 Å². The highest BCUT2D eigenvalue weighted by Crippen LogP contribution is 2.18. The van der Waals surface area contributed by atoms with Crippen molar-refractivity contribution < 1.29 is 0 Å². The minimum atomic E-state index is 1.28. The summed E-state index contributed by atoms with van der Waals surface area (Å²) in [5, 5.41) is 13.0. The molecular formula is C26H22N2. The fraction of sp³-hybridized carbons (Fsp3) is 0. The molecule has 0 saturated carbocycles. The van der Waals surface area contributed by atoms with Crippen molar-refractivity contribution in [1.29, 1.82) is 10.5 Å². The van der Waals surface area contributed by atoms with E-state index in [0.29, 0.717) is 0 Å². The van der Waals surface area contributed by atoms with Gasteiger partial charge in [-0.25, -0.2) is 10.5 Å². The molecule has 0 atom stereocenters. The summed E-state index contributed by atoms with van der Waals surface area (Å²) in [5.74, 6) is 0. The summed E-state index contributed by atoms with van der Waals surface area (Å²) in [6, 6.07) is 41.6. The van der Waals surface area contributed by atoms with Crippen LogP contribution in [0.25, 0.3) is 22.3 Å². The van der Waals surface area contributed by atoms with Gasteiger partial charge in [-0.1, -0.05) is 121 Å². The zero-order valence-electron chi connectivity index (χ0n) is 15.6. The van der Waals surface area contributed by atoms with E-state index in [1.807, 2.05) is 24.3 Å². The lowest BCUT2D eigenvalue weighted by molar-refractivity contribution is 1.58. The normalized spacial score (nSPS) is 8.43. The zero-order chi connectivity index (χ0) is 20.5. The molecule has 0 aliphatic heterocycles. The van der Waals surface area contributed by atoms with Crippen LogP contribution >= 0.6 is 0 Å². The molecule has 0 amide bonds. The molecule has 0 aromatic heterocycles. The summed E-state index contributed by atoms with van der Waals surface area (Å²) in [4.78, 5) is 0. The zero-order valence-corrected chi connectivity index (χ0v) is 15.6. The smallest absolute Gasteiger partial charge is 0.0462 e. The van der Waals surface area contributed by atoms with Crippen LogP contribution in [0.4, 0.5) is 0 Å². The maximum absolute atomic E-state index is 6.50. The highest BCUT2D eigenvalue weighted by molar-refractivity contribution is 5.63. The van der Waals surface area contributed by atoms with Gasteiger partial charge in [-0.2, -0.15) is 0 Å². The topological polar surface area (TPSA) is 47.6 Å². The molecule has 4 aromatic rings. The third-order valence-corrected chi connectivity index (χ3v) is 3.76. The van der Waals surface area contributed by atoms with E-state index in [0.717, 1.165) is 0 Å². The van der Waals surface area contributed by atoms with Gasteiger partial charge in [-0.15, -0.1) is 0 Å². The lowest BCUT2D eigenvalue weighted by Gasteiger charge is -1.98. The molecule has 0 heterocycles. The van der Waals surface area contributed by atoms with Crippen molar-refractivity contribution >= 4 is 0 Å². The van der Waals surface area contributed by atoms with Crippen molar-refractivity contribution in [3.63, 3.8) is 0 Å². The van der Waals surface area contributed by atoms with Gasteiger partial charge in [0.1, 0.15) is 0 Å². The molecule has 136 valence electrons. The summed E-state index contributed by atoms with van der Waals surface area (Å²) in [5.41, 5.74) is 5.10. The van der Waals surface area contributed by atoms with Crippen LogP contribution in [0.5, 0.6) is 0 Å². The lowest BCUT2D eigenvalue weighted by Crippen LogP contribution is -1.73. The number of hydrogen-bond acceptors (Lipinski definition) is 2. The van der Waals surface area contributed by atoms with Gasteiger partial charge >= 0.3 is 0 Å². The Morgan fingerprint density at radius 2 is 0.429 bits per heavy atom. The molecule has 0 fully saturated rings. The molecule has 0 N–H and O–H groups in total. The summed E-state index contributed by atoms with van der Waals surface area (Å²) in [6.07, 6.45) is 0. The highest BCUT2D eigenvalue weighted by atomic mass is 14.2. The first-order valence-electron chi connectivity index (χ1n) is 8.66. The van der Waals surface area contributed by atoms with Gasteiger partial charge in [0.05, 0.1) is 0 Å². The molecule has 4 aromatic carbocycles. The van der Waals surface area contributed by atoms with Crippen molar-refractivity contribution in [3.05, 3.63) is 121 Å². The van der Waals surface area contributed by atoms with E-state index in [1.54, 1.807) is 0 Å². The van der Waals surface area contributed by atoms with Crippen LogP contribution in [0, 0.1) is 23.7 Å². The maximum atomic E-state index is 6.50. The number of nitrogens with zero attached hydrogens (tertiary/aromatic N) is 2. The largest absolute Gasteiger partial charge is 0.202 e. The molecule has 4 rings (SSSR count). The Bertz CT molecular complexity index is 757. The Balaban J connectivity index is 0.000000238. The molecule has 2 heteroatoms. The molecule has 0 aliphatic carbocycles. The Kier molecular flexibility index (Phi) is 11.0. The predicted molar refractivity (Wildman–Crippen MR) is 117 cm³/mol. The standard InChI is InChI=1S/2C12H10.2CHN/c2*1-3-7-11(8-4-1)12-9-5-2-6-10-12;2*1-2/h2*1-10H;2*1H. The fourth-order valence-corrected chi connectivity index (χ4v) is 2.52. The van der Waals surface area contributed by atoms with E-state index in [1.165, 1.54) is 22.3 Å². The first kappa shape index (κ1) is 21.9. The molecule has 0 radical (unpaired) electrons. The second-order valence-electron chi connectivity index (χ2n) is 5.46. The minimum Gasteiger partial charge on any atom is -0.202 e. The fourth-order valence-electron chi connectivity index (χ4n) is 2.52. The number of benzene rings is 4. The van der Waals surface area contributed by atoms with E-state index in [9.17, 15) is 0 Å². The van der Waals surface area contributed by atoms with Crippen molar-refractivity contribution in [1.82, 2.24) is 0 Å². The first-order valence-corrected chi connectivity index (χ1v) is 8.66. The Morgan fingerprint density at radius 1 is 0.286 bits per heavy atom. The summed E-state index contributed by atoms with van der Waals surface area (Å²) >= 11 is 0. The van der Waals surface area contributed by atoms with Crippen LogP contribution in [-0.2, 0) is 0 Å². The Labute approximate surface area is 167 Å². The van der Waals surface area contributed by atoms with E-state index >= 15 is 0 Å². The molecule has 0 unspecified atom stereocenters.